The smallest absolute Gasteiger partial charge is 0.215 e. The molecule has 3 rings (SSSR count). The normalized spacial score (nSPS) is 20.9. The first-order chi connectivity index (χ1) is 11.2. The molecule has 1 aliphatic heterocycles. The molecule has 0 bridgehead atoms. The van der Waals surface area contributed by atoms with Crippen LogP contribution in [0.15, 0.2) is 65.8 Å². The van der Waals surface area contributed by atoms with Crippen molar-refractivity contribution in [3.05, 3.63) is 71.8 Å². The van der Waals surface area contributed by atoms with Crippen LogP contribution in [0.2, 0.25) is 0 Å². The molecule has 4 nitrogen and oxygen atoms in total. The minimum atomic E-state index is -0.848. The number of hydrazone groups is 1. The van der Waals surface area contributed by atoms with Crippen LogP contribution in [0.5, 0.6) is 0 Å². The molecule has 0 radical (unpaired) electrons. The highest BCUT2D eigenvalue weighted by Gasteiger charge is 2.47. The number of nitrogens with zero attached hydrogens (tertiary/aromatic N) is 2. The van der Waals surface area contributed by atoms with Crippen molar-refractivity contribution in [2.75, 3.05) is 13.7 Å². The molecule has 1 atom stereocenters. The number of likely N-dealkylation sites (N-methyl/N-ethyl adjacent to an activating group) is 1. The van der Waals surface area contributed by atoms with Crippen LogP contribution in [-0.4, -0.2) is 29.4 Å². The second-order valence-electron chi connectivity index (χ2n) is 5.25. The molecule has 0 aromatic heterocycles. The van der Waals surface area contributed by atoms with E-state index in [1.165, 1.54) is 0 Å². The van der Waals surface area contributed by atoms with E-state index in [1.807, 2.05) is 79.5 Å². The summed E-state index contributed by atoms with van der Waals surface area (Å²) in [6, 6.07) is 20.1. The summed E-state index contributed by atoms with van der Waals surface area (Å²) in [5.74, 6) is 0. The summed E-state index contributed by atoms with van der Waals surface area (Å²) in [5, 5.41) is 5.07. The Kier molecular flexibility index (Phi) is 4.41. The third kappa shape index (κ3) is 2.62. The highest BCUT2D eigenvalue weighted by Crippen LogP contribution is 2.35. The number of benzene rings is 2. The minimum Gasteiger partial charge on any atom is -0.346 e. The average molecular weight is 325 g/mol. The molecular formula is C18H19N3OS. The molecule has 0 saturated heterocycles. The molecule has 1 aliphatic rings. The standard InChI is InChI=1S/C18H19N3OS/c1-3-22-18(15-12-8-5-9-13-15)16(14-10-6-4-7-11-14)19-20-17(23)21(18)2/h4-13H,3H2,1-2H3,(H,20,23). The van der Waals surface area contributed by atoms with Gasteiger partial charge >= 0.3 is 0 Å². The maximum absolute atomic E-state index is 6.27. The average Bonchev–Trinajstić information content (AvgIpc) is 2.61. The van der Waals surface area contributed by atoms with Crippen LogP contribution in [0.4, 0.5) is 0 Å². The maximum Gasteiger partial charge on any atom is 0.215 e. The fraction of sp³-hybridized carbons (Fsp3) is 0.222. The number of thiocarbonyl (C=S) groups is 1. The molecular weight excluding hydrogens is 306 g/mol. The van der Waals surface area contributed by atoms with E-state index in [-0.39, 0.29) is 0 Å². The van der Waals surface area contributed by atoms with Gasteiger partial charge in [-0.2, -0.15) is 5.10 Å². The zero-order valence-electron chi connectivity index (χ0n) is 13.2. The van der Waals surface area contributed by atoms with Gasteiger partial charge in [-0.1, -0.05) is 60.7 Å². The predicted molar refractivity (Wildman–Crippen MR) is 96.2 cm³/mol. The van der Waals surface area contributed by atoms with Crippen LogP contribution in [0.1, 0.15) is 18.1 Å². The molecule has 2 aromatic rings. The zero-order chi connectivity index (χ0) is 16.3. The van der Waals surface area contributed by atoms with Gasteiger partial charge in [0, 0.05) is 24.8 Å². The second-order valence-corrected chi connectivity index (χ2v) is 5.63. The summed E-state index contributed by atoms with van der Waals surface area (Å²) in [6.07, 6.45) is 0. The molecule has 1 unspecified atom stereocenters. The molecule has 0 spiro atoms. The molecule has 0 aliphatic carbocycles. The Bertz CT molecular complexity index is 718. The first-order valence-corrected chi connectivity index (χ1v) is 7.98. The molecule has 23 heavy (non-hydrogen) atoms. The van der Waals surface area contributed by atoms with Crippen LogP contribution in [0.3, 0.4) is 0 Å². The Balaban J connectivity index is 2.24. The molecule has 1 heterocycles. The van der Waals surface area contributed by atoms with Crippen molar-refractivity contribution in [3.8, 4) is 0 Å². The molecule has 0 amide bonds. The highest BCUT2D eigenvalue weighted by atomic mass is 32.1. The van der Waals surface area contributed by atoms with Crippen LogP contribution >= 0.6 is 12.2 Å². The van der Waals surface area contributed by atoms with Crippen molar-refractivity contribution < 1.29 is 4.74 Å². The van der Waals surface area contributed by atoms with E-state index in [4.69, 9.17) is 17.0 Å². The van der Waals surface area contributed by atoms with Crippen molar-refractivity contribution in [2.24, 2.45) is 5.10 Å². The van der Waals surface area contributed by atoms with E-state index in [2.05, 4.69) is 10.5 Å². The van der Waals surface area contributed by atoms with Gasteiger partial charge in [0.15, 0.2) is 5.11 Å². The van der Waals surface area contributed by atoms with Gasteiger partial charge in [0.05, 0.1) is 0 Å². The first-order valence-electron chi connectivity index (χ1n) is 7.57. The quantitative estimate of drug-likeness (QED) is 0.877. The summed E-state index contributed by atoms with van der Waals surface area (Å²) >= 11 is 5.42. The van der Waals surface area contributed by atoms with Crippen LogP contribution < -0.4 is 5.43 Å². The monoisotopic (exact) mass is 325 g/mol. The molecule has 5 heteroatoms. The number of rotatable bonds is 4. The van der Waals surface area contributed by atoms with Gasteiger partial charge in [-0.05, 0) is 19.1 Å². The van der Waals surface area contributed by atoms with E-state index < -0.39 is 5.72 Å². The largest absolute Gasteiger partial charge is 0.346 e. The highest BCUT2D eigenvalue weighted by molar-refractivity contribution is 7.80. The molecule has 0 saturated carbocycles. The van der Waals surface area contributed by atoms with E-state index in [9.17, 15) is 0 Å². The maximum atomic E-state index is 6.27. The fourth-order valence-electron chi connectivity index (χ4n) is 2.86. The fourth-order valence-corrected chi connectivity index (χ4v) is 3.04. The van der Waals surface area contributed by atoms with E-state index in [0.717, 1.165) is 16.8 Å². The van der Waals surface area contributed by atoms with Crippen molar-refractivity contribution in [1.29, 1.82) is 0 Å². The number of ether oxygens (including phenoxy) is 1. The number of nitrogens with one attached hydrogen (secondary N) is 1. The molecule has 118 valence electrons. The van der Waals surface area contributed by atoms with Gasteiger partial charge in [0.1, 0.15) is 5.71 Å². The Morgan fingerprint density at radius 2 is 1.70 bits per heavy atom. The number of hydrogen-bond acceptors (Lipinski definition) is 3. The van der Waals surface area contributed by atoms with Crippen LogP contribution in [0.25, 0.3) is 0 Å². The van der Waals surface area contributed by atoms with Crippen molar-refractivity contribution in [1.82, 2.24) is 10.3 Å². The Morgan fingerprint density at radius 1 is 1.09 bits per heavy atom. The van der Waals surface area contributed by atoms with Crippen molar-refractivity contribution in [3.63, 3.8) is 0 Å². The summed E-state index contributed by atoms with van der Waals surface area (Å²) in [4.78, 5) is 1.93. The van der Waals surface area contributed by atoms with Crippen LogP contribution in [0, 0.1) is 0 Å². The number of hydrogen-bond donors (Lipinski definition) is 1. The lowest BCUT2D eigenvalue weighted by Gasteiger charge is -2.45. The lowest BCUT2D eigenvalue weighted by atomic mass is 9.90. The lowest BCUT2D eigenvalue weighted by molar-refractivity contribution is -0.0685. The minimum absolute atomic E-state index is 0.530. The third-order valence-electron chi connectivity index (χ3n) is 3.93. The van der Waals surface area contributed by atoms with Gasteiger partial charge in [-0.25, -0.2) is 0 Å². The zero-order valence-corrected chi connectivity index (χ0v) is 14.0. The third-order valence-corrected chi connectivity index (χ3v) is 4.29. The SMILES string of the molecule is CCOC1(c2ccccc2)C(c2ccccc2)=NNC(=S)N1C. The van der Waals surface area contributed by atoms with Crippen LogP contribution in [-0.2, 0) is 10.5 Å². The van der Waals surface area contributed by atoms with Gasteiger partial charge in [-0.3, -0.25) is 5.43 Å². The van der Waals surface area contributed by atoms with Gasteiger partial charge in [0.2, 0.25) is 5.72 Å². The predicted octanol–water partition coefficient (Wildman–Crippen LogP) is 3.10. The Labute approximate surface area is 141 Å². The van der Waals surface area contributed by atoms with Gasteiger partial charge in [0.25, 0.3) is 0 Å². The molecule has 1 N–H and O–H groups in total. The van der Waals surface area contributed by atoms with Gasteiger partial charge in [-0.15, -0.1) is 0 Å². The Hall–Kier alpha value is -2.24. The first kappa shape index (κ1) is 15.6. The lowest BCUT2D eigenvalue weighted by Crippen LogP contribution is -2.60. The topological polar surface area (TPSA) is 36.9 Å². The molecule has 2 aromatic carbocycles. The van der Waals surface area contributed by atoms with E-state index >= 15 is 0 Å². The Morgan fingerprint density at radius 3 is 2.30 bits per heavy atom. The second kappa shape index (κ2) is 6.48. The summed E-state index contributed by atoms with van der Waals surface area (Å²) in [6.45, 7) is 2.51. The summed E-state index contributed by atoms with van der Waals surface area (Å²) < 4.78 is 6.27. The van der Waals surface area contributed by atoms with E-state index in [0.29, 0.717) is 11.7 Å². The van der Waals surface area contributed by atoms with E-state index in [1.54, 1.807) is 0 Å². The van der Waals surface area contributed by atoms with Gasteiger partial charge < -0.3 is 9.64 Å². The van der Waals surface area contributed by atoms with Crippen molar-refractivity contribution >= 4 is 23.0 Å². The summed E-state index contributed by atoms with van der Waals surface area (Å²) in [7, 11) is 1.93. The molecule has 0 fully saturated rings. The van der Waals surface area contributed by atoms with Crippen molar-refractivity contribution in [2.45, 2.75) is 12.6 Å². The summed E-state index contributed by atoms with van der Waals surface area (Å²) in [5.41, 5.74) is 4.86.